The van der Waals surface area contributed by atoms with Gasteiger partial charge in [0.1, 0.15) is 0 Å². The molecule has 1 heterocycles. The number of rotatable bonds is 13. The van der Waals surface area contributed by atoms with Crippen molar-refractivity contribution in [3.05, 3.63) is 89.5 Å². The zero-order chi connectivity index (χ0) is 29.2. The first-order valence-corrected chi connectivity index (χ1v) is 14.5. The Labute approximate surface area is 240 Å². The van der Waals surface area contributed by atoms with Gasteiger partial charge in [-0.2, -0.15) is 4.39 Å². The lowest BCUT2D eigenvalue weighted by atomic mass is 9.94. The molecule has 3 aromatic carbocycles. The first kappa shape index (κ1) is 30.8. The van der Waals surface area contributed by atoms with E-state index in [0.29, 0.717) is 17.7 Å². The van der Waals surface area contributed by atoms with Crippen LogP contribution in [0.5, 0.6) is 5.75 Å². The molecule has 1 saturated heterocycles. The van der Waals surface area contributed by atoms with E-state index in [1.54, 1.807) is 36.4 Å². The fourth-order valence-corrected chi connectivity index (χ4v) is 5.01. The molecule has 0 unspecified atom stereocenters. The van der Waals surface area contributed by atoms with Crippen LogP contribution in [0.4, 0.5) is 17.6 Å². The Balaban J connectivity index is 1.39. The highest BCUT2D eigenvalue weighted by molar-refractivity contribution is 5.72. The minimum absolute atomic E-state index is 0.0628. The summed E-state index contributed by atoms with van der Waals surface area (Å²) < 4.78 is 76.4. The maximum atomic E-state index is 15.1. The molecule has 0 aromatic heterocycles. The first-order chi connectivity index (χ1) is 19.9. The third-order valence-electron chi connectivity index (χ3n) is 7.38. The maximum Gasteiger partial charge on any atom is 0.201 e. The monoisotopic (exact) mass is 570 g/mol. The van der Waals surface area contributed by atoms with Crippen LogP contribution in [-0.4, -0.2) is 26.1 Å². The SMILES string of the molecule is CC=CC1OCC(c2ccc(-c3ccc(-c4ccc(OCCCCCCCCC)c(F)c4F)cc3)c(F)c2F)CO1. The van der Waals surface area contributed by atoms with Crippen LogP contribution >= 0.6 is 0 Å². The van der Waals surface area contributed by atoms with E-state index in [0.717, 1.165) is 19.3 Å². The Hall–Kier alpha value is -3.16. The molecule has 3 aromatic rings. The van der Waals surface area contributed by atoms with Crippen LogP contribution in [0.25, 0.3) is 22.3 Å². The molecular formula is C34H38F4O3. The van der Waals surface area contributed by atoms with E-state index in [1.165, 1.54) is 49.9 Å². The Morgan fingerprint density at radius 3 is 1.88 bits per heavy atom. The molecule has 0 aliphatic carbocycles. The van der Waals surface area contributed by atoms with E-state index in [4.69, 9.17) is 14.2 Å². The van der Waals surface area contributed by atoms with Crippen molar-refractivity contribution in [2.45, 2.75) is 71.0 Å². The molecule has 0 amide bonds. The maximum absolute atomic E-state index is 15.1. The second kappa shape index (κ2) is 15.2. The molecule has 0 bridgehead atoms. The molecule has 4 rings (SSSR count). The molecule has 7 heteroatoms. The van der Waals surface area contributed by atoms with Gasteiger partial charge in [-0.15, -0.1) is 0 Å². The van der Waals surface area contributed by atoms with Crippen molar-refractivity contribution < 1.29 is 31.8 Å². The van der Waals surface area contributed by atoms with Gasteiger partial charge in [0.05, 0.1) is 19.8 Å². The molecule has 1 aliphatic rings. The number of allylic oxidation sites excluding steroid dienone is 1. The first-order valence-electron chi connectivity index (χ1n) is 14.5. The molecule has 1 fully saturated rings. The van der Waals surface area contributed by atoms with Gasteiger partial charge < -0.3 is 14.2 Å². The van der Waals surface area contributed by atoms with E-state index in [2.05, 4.69) is 6.92 Å². The number of halogens is 4. The van der Waals surface area contributed by atoms with Gasteiger partial charge in [-0.3, -0.25) is 0 Å². The number of hydrogen-bond donors (Lipinski definition) is 0. The van der Waals surface area contributed by atoms with Crippen molar-refractivity contribution in [1.82, 2.24) is 0 Å². The van der Waals surface area contributed by atoms with E-state index in [1.807, 2.05) is 6.92 Å². The summed E-state index contributed by atoms with van der Waals surface area (Å²) in [5.41, 5.74) is 1.15. The van der Waals surface area contributed by atoms with Gasteiger partial charge in [0.15, 0.2) is 29.5 Å². The average molecular weight is 571 g/mol. The third-order valence-corrected chi connectivity index (χ3v) is 7.38. The Bertz CT molecular complexity index is 1300. The van der Waals surface area contributed by atoms with Crippen LogP contribution in [0.15, 0.2) is 60.7 Å². The van der Waals surface area contributed by atoms with E-state index >= 15 is 8.78 Å². The summed E-state index contributed by atoms with van der Waals surface area (Å²) in [6.45, 7) is 4.78. The van der Waals surface area contributed by atoms with E-state index < -0.39 is 35.5 Å². The topological polar surface area (TPSA) is 27.7 Å². The van der Waals surface area contributed by atoms with Crippen LogP contribution in [0.3, 0.4) is 0 Å². The lowest BCUT2D eigenvalue weighted by molar-refractivity contribution is -0.159. The zero-order valence-electron chi connectivity index (χ0n) is 23.7. The molecule has 0 N–H and O–H groups in total. The molecule has 3 nitrogen and oxygen atoms in total. The Morgan fingerprint density at radius 2 is 1.27 bits per heavy atom. The molecule has 0 saturated carbocycles. The highest BCUT2D eigenvalue weighted by Crippen LogP contribution is 2.34. The van der Waals surface area contributed by atoms with Gasteiger partial charge in [-0.1, -0.05) is 87.9 Å². The Morgan fingerprint density at radius 1 is 0.707 bits per heavy atom. The standard InChI is InChI=1S/C34H38F4O3/c1-3-5-6-7-8-9-10-20-39-29-19-18-27(33(37)34(29)38)24-14-12-23(13-15-24)26-16-17-28(32(36)31(26)35)25-21-40-30(11-4-2)41-22-25/h4,11-19,25,30H,3,5-10,20-22H2,1-2H3. The number of benzene rings is 3. The summed E-state index contributed by atoms with van der Waals surface area (Å²) in [6, 6.07) is 12.2. The molecule has 1 aliphatic heterocycles. The summed E-state index contributed by atoms with van der Waals surface area (Å²) in [5.74, 6) is -4.52. The van der Waals surface area contributed by atoms with Gasteiger partial charge in [0, 0.05) is 17.0 Å². The lowest BCUT2D eigenvalue weighted by Crippen LogP contribution is -2.30. The minimum atomic E-state index is -1.04. The van der Waals surface area contributed by atoms with Crippen LogP contribution in [0.2, 0.25) is 0 Å². The molecular weight excluding hydrogens is 532 g/mol. The van der Waals surface area contributed by atoms with Gasteiger partial charge >= 0.3 is 0 Å². The smallest absolute Gasteiger partial charge is 0.201 e. The van der Waals surface area contributed by atoms with Crippen molar-refractivity contribution >= 4 is 0 Å². The largest absolute Gasteiger partial charge is 0.490 e. The predicted molar refractivity (Wildman–Crippen MR) is 154 cm³/mol. The van der Waals surface area contributed by atoms with Crippen LogP contribution in [-0.2, 0) is 9.47 Å². The lowest BCUT2D eigenvalue weighted by Gasteiger charge is -2.28. The number of ether oxygens (including phenoxy) is 3. The summed E-state index contributed by atoms with van der Waals surface area (Å²) in [5, 5.41) is 0. The van der Waals surface area contributed by atoms with Gasteiger partial charge in [-0.05, 0) is 48.2 Å². The van der Waals surface area contributed by atoms with Crippen molar-refractivity contribution in [2.75, 3.05) is 19.8 Å². The van der Waals surface area contributed by atoms with Crippen LogP contribution in [0.1, 0.15) is 70.3 Å². The summed E-state index contributed by atoms with van der Waals surface area (Å²) in [7, 11) is 0. The number of unbranched alkanes of at least 4 members (excludes halogenated alkanes) is 6. The fourth-order valence-electron chi connectivity index (χ4n) is 5.01. The molecule has 41 heavy (non-hydrogen) atoms. The summed E-state index contributed by atoms with van der Waals surface area (Å²) >= 11 is 0. The average Bonchev–Trinajstić information content (AvgIpc) is 2.99. The second-order valence-electron chi connectivity index (χ2n) is 10.4. The molecule has 220 valence electrons. The summed E-state index contributed by atoms with van der Waals surface area (Å²) in [4.78, 5) is 0. The van der Waals surface area contributed by atoms with Gasteiger partial charge in [0.25, 0.3) is 0 Å². The molecule has 0 atom stereocenters. The normalized spacial score (nSPS) is 17.3. The van der Waals surface area contributed by atoms with Gasteiger partial charge in [-0.25, -0.2) is 13.2 Å². The highest BCUT2D eigenvalue weighted by Gasteiger charge is 2.27. The number of hydrogen-bond acceptors (Lipinski definition) is 3. The quantitative estimate of drug-likeness (QED) is 0.116. The van der Waals surface area contributed by atoms with Crippen molar-refractivity contribution in [2.24, 2.45) is 0 Å². The second-order valence-corrected chi connectivity index (χ2v) is 10.4. The van der Waals surface area contributed by atoms with Crippen molar-refractivity contribution in [3.63, 3.8) is 0 Å². The summed E-state index contributed by atoms with van der Waals surface area (Å²) in [6.07, 6.45) is 10.8. The minimum Gasteiger partial charge on any atom is -0.490 e. The molecule has 0 radical (unpaired) electrons. The van der Waals surface area contributed by atoms with Gasteiger partial charge in [0.2, 0.25) is 5.82 Å². The zero-order valence-corrected chi connectivity index (χ0v) is 23.7. The van der Waals surface area contributed by atoms with Crippen LogP contribution in [0, 0.1) is 23.3 Å². The molecule has 0 spiro atoms. The highest BCUT2D eigenvalue weighted by atomic mass is 19.2. The van der Waals surface area contributed by atoms with Crippen molar-refractivity contribution in [1.29, 1.82) is 0 Å². The van der Waals surface area contributed by atoms with E-state index in [9.17, 15) is 8.78 Å². The van der Waals surface area contributed by atoms with Crippen LogP contribution < -0.4 is 4.74 Å². The van der Waals surface area contributed by atoms with Crippen molar-refractivity contribution in [3.8, 4) is 28.0 Å². The van der Waals surface area contributed by atoms with E-state index in [-0.39, 0.29) is 35.7 Å². The predicted octanol–water partition coefficient (Wildman–Crippen LogP) is 9.74. The Kier molecular flexibility index (Phi) is 11.4. The third kappa shape index (κ3) is 7.77. The fraction of sp³-hybridized carbons (Fsp3) is 0.412.